The number of para-hydroxylation sites is 2. The van der Waals surface area contributed by atoms with Gasteiger partial charge in [0.2, 0.25) is 0 Å². The van der Waals surface area contributed by atoms with Gasteiger partial charge in [-0.3, -0.25) is 0 Å². The maximum Gasteiger partial charge on any atom is 0.0540 e. The Hall–Kier alpha value is -6.96. The number of hydrogen-bond acceptors (Lipinski definition) is 1. The SMILES string of the molecule is CC1(C)c2ccccc2-c2c(-c3ccccc3N(c3ccccc3-c3ccc4c(c3)C(C)(c3ccccc3)c3ccccc3-4)c3cccc4ccccc34)cccc21. The van der Waals surface area contributed by atoms with Crippen molar-refractivity contribution in [2.24, 2.45) is 0 Å². The second-order valence-corrected chi connectivity index (χ2v) is 16.6. The maximum atomic E-state index is 2.52. The van der Waals surface area contributed by atoms with Crippen LogP contribution < -0.4 is 4.90 Å². The molecule has 11 rings (SSSR count). The fourth-order valence-electron chi connectivity index (χ4n) is 10.3. The highest BCUT2D eigenvalue weighted by Crippen LogP contribution is 2.56. The first-order valence-electron chi connectivity index (χ1n) is 20.4. The Morgan fingerprint density at radius 1 is 0.345 bits per heavy atom. The molecule has 0 saturated carbocycles. The minimum Gasteiger partial charge on any atom is -0.309 e. The second-order valence-electron chi connectivity index (χ2n) is 16.6. The quantitative estimate of drug-likeness (QED) is 0.164. The fraction of sp³-hybridized carbons (Fsp3) is 0.0877. The molecule has 0 saturated heterocycles. The lowest BCUT2D eigenvalue weighted by Gasteiger charge is -2.32. The summed E-state index contributed by atoms with van der Waals surface area (Å²) in [7, 11) is 0. The van der Waals surface area contributed by atoms with E-state index in [0.717, 1.165) is 17.1 Å². The molecule has 0 aromatic heterocycles. The molecule has 1 unspecified atom stereocenters. The van der Waals surface area contributed by atoms with Crippen molar-refractivity contribution in [3.8, 4) is 44.5 Å². The van der Waals surface area contributed by atoms with Crippen molar-refractivity contribution in [1.82, 2.24) is 0 Å². The highest BCUT2D eigenvalue weighted by molar-refractivity contribution is 6.05. The third-order valence-corrected chi connectivity index (χ3v) is 13.2. The number of benzene rings is 9. The zero-order valence-corrected chi connectivity index (χ0v) is 33.1. The van der Waals surface area contributed by atoms with E-state index in [1.165, 1.54) is 83.1 Å². The smallest absolute Gasteiger partial charge is 0.0540 e. The molecule has 0 heterocycles. The van der Waals surface area contributed by atoms with Gasteiger partial charge < -0.3 is 4.90 Å². The first-order chi connectivity index (χ1) is 28.4. The molecule has 1 atom stereocenters. The maximum absolute atomic E-state index is 2.52. The summed E-state index contributed by atoms with van der Waals surface area (Å²) in [6, 6.07) is 76.5. The third-order valence-electron chi connectivity index (χ3n) is 13.2. The average Bonchev–Trinajstić information content (AvgIpc) is 3.68. The molecular weight excluding hydrogens is 699 g/mol. The van der Waals surface area contributed by atoms with E-state index in [9.17, 15) is 0 Å². The standard InChI is InChI=1S/C57H43N/c1-56(2)48-29-13-10-27-47(48)55-46(28-18-31-50(55)56)45-26-12-16-33-54(45)58(53-34-17-20-38-19-7-8-23-41(38)53)52-32-15-11-24-42(52)39-35-36-44-43-25-9-14-30-49(43)57(3,51(44)37-39)40-21-5-4-6-22-40/h4-37H,1-3H3. The van der Waals surface area contributed by atoms with Crippen molar-refractivity contribution in [3.63, 3.8) is 0 Å². The molecule has 9 aromatic rings. The highest BCUT2D eigenvalue weighted by Gasteiger charge is 2.41. The lowest BCUT2D eigenvalue weighted by molar-refractivity contribution is 0.660. The number of anilines is 3. The van der Waals surface area contributed by atoms with Crippen LogP contribution in [0, 0.1) is 0 Å². The first-order valence-corrected chi connectivity index (χ1v) is 20.4. The predicted molar refractivity (Wildman–Crippen MR) is 245 cm³/mol. The topological polar surface area (TPSA) is 3.24 Å². The third kappa shape index (κ3) is 4.96. The Morgan fingerprint density at radius 3 is 1.69 bits per heavy atom. The van der Waals surface area contributed by atoms with Gasteiger partial charge >= 0.3 is 0 Å². The zero-order valence-electron chi connectivity index (χ0n) is 33.1. The lowest BCUT2D eigenvalue weighted by Crippen LogP contribution is -2.22. The fourth-order valence-corrected chi connectivity index (χ4v) is 10.3. The van der Waals surface area contributed by atoms with Crippen LogP contribution in [0.3, 0.4) is 0 Å². The van der Waals surface area contributed by atoms with E-state index >= 15 is 0 Å². The molecule has 0 radical (unpaired) electrons. The second kappa shape index (κ2) is 13.0. The van der Waals surface area contributed by atoms with E-state index in [4.69, 9.17) is 0 Å². The molecule has 0 fully saturated rings. The van der Waals surface area contributed by atoms with Gasteiger partial charge in [-0.15, -0.1) is 0 Å². The van der Waals surface area contributed by atoms with Gasteiger partial charge in [-0.2, -0.15) is 0 Å². The summed E-state index contributed by atoms with van der Waals surface area (Å²) in [5.74, 6) is 0. The Morgan fingerprint density at radius 2 is 0.879 bits per heavy atom. The van der Waals surface area contributed by atoms with Gasteiger partial charge in [0.1, 0.15) is 0 Å². The lowest BCUT2D eigenvalue weighted by atomic mass is 9.74. The molecule has 0 amide bonds. The molecule has 2 aliphatic carbocycles. The normalized spacial score (nSPS) is 15.7. The molecule has 1 nitrogen and oxygen atoms in total. The molecule has 9 aromatic carbocycles. The van der Waals surface area contributed by atoms with Crippen molar-refractivity contribution >= 4 is 27.8 Å². The van der Waals surface area contributed by atoms with Crippen molar-refractivity contribution in [2.45, 2.75) is 31.6 Å². The molecule has 0 N–H and O–H groups in total. The van der Waals surface area contributed by atoms with Gasteiger partial charge in [0.05, 0.1) is 17.1 Å². The van der Waals surface area contributed by atoms with Crippen LogP contribution in [0.4, 0.5) is 17.1 Å². The van der Waals surface area contributed by atoms with Crippen LogP contribution in [0.25, 0.3) is 55.3 Å². The number of rotatable bonds is 6. The molecule has 2 aliphatic rings. The van der Waals surface area contributed by atoms with Gasteiger partial charge in [0.25, 0.3) is 0 Å². The average molecular weight is 742 g/mol. The Balaban J connectivity index is 1.16. The molecule has 0 bridgehead atoms. The zero-order chi connectivity index (χ0) is 39.0. The van der Waals surface area contributed by atoms with Gasteiger partial charge in [0, 0.05) is 27.3 Å². The van der Waals surface area contributed by atoms with Crippen LogP contribution in [-0.2, 0) is 10.8 Å². The molecule has 58 heavy (non-hydrogen) atoms. The van der Waals surface area contributed by atoms with Crippen molar-refractivity contribution in [2.75, 3.05) is 4.90 Å². The van der Waals surface area contributed by atoms with Crippen LogP contribution in [0.2, 0.25) is 0 Å². The Bertz CT molecular complexity index is 3060. The minimum absolute atomic E-state index is 0.0969. The molecule has 0 aliphatic heterocycles. The van der Waals surface area contributed by atoms with E-state index in [-0.39, 0.29) is 10.8 Å². The van der Waals surface area contributed by atoms with Crippen LogP contribution >= 0.6 is 0 Å². The Labute approximate surface area is 341 Å². The number of nitrogens with zero attached hydrogens (tertiary/aromatic N) is 1. The van der Waals surface area contributed by atoms with Crippen LogP contribution in [0.15, 0.2) is 206 Å². The summed E-state index contributed by atoms with van der Waals surface area (Å²) >= 11 is 0. The van der Waals surface area contributed by atoms with Crippen LogP contribution in [-0.4, -0.2) is 0 Å². The number of hydrogen-bond donors (Lipinski definition) is 0. The summed E-state index contributed by atoms with van der Waals surface area (Å²) in [5, 5.41) is 2.42. The molecule has 1 heteroatoms. The molecule has 276 valence electrons. The van der Waals surface area contributed by atoms with E-state index < -0.39 is 0 Å². The van der Waals surface area contributed by atoms with E-state index in [1.54, 1.807) is 0 Å². The van der Waals surface area contributed by atoms with Crippen LogP contribution in [0.1, 0.15) is 48.6 Å². The van der Waals surface area contributed by atoms with E-state index in [0.29, 0.717) is 0 Å². The van der Waals surface area contributed by atoms with Crippen molar-refractivity contribution < 1.29 is 0 Å². The van der Waals surface area contributed by atoms with Gasteiger partial charge in [-0.1, -0.05) is 196 Å². The van der Waals surface area contributed by atoms with Crippen LogP contribution in [0.5, 0.6) is 0 Å². The molecule has 0 spiro atoms. The minimum atomic E-state index is -0.294. The summed E-state index contributed by atoms with van der Waals surface area (Å²) in [5.41, 5.74) is 19.9. The largest absolute Gasteiger partial charge is 0.309 e. The monoisotopic (exact) mass is 741 g/mol. The van der Waals surface area contributed by atoms with Gasteiger partial charge in [-0.05, 0) is 97.8 Å². The van der Waals surface area contributed by atoms with Gasteiger partial charge in [0.15, 0.2) is 0 Å². The Kier molecular flexibility index (Phi) is 7.72. The predicted octanol–water partition coefficient (Wildman–Crippen LogP) is 15.3. The summed E-state index contributed by atoms with van der Waals surface area (Å²) in [4.78, 5) is 2.52. The van der Waals surface area contributed by atoms with Gasteiger partial charge in [-0.25, -0.2) is 0 Å². The summed E-state index contributed by atoms with van der Waals surface area (Å²) in [6.45, 7) is 7.13. The van der Waals surface area contributed by atoms with Crippen molar-refractivity contribution in [1.29, 1.82) is 0 Å². The van der Waals surface area contributed by atoms with E-state index in [2.05, 4.69) is 232 Å². The highest BCUT2D eigenvalue weighted by atomic mass is 15.1. The molecular formula is C57H43N. The van der Waals surface area contributed by atoms with Crippen molar-refractivity contribution in [3.05, 3.63) is 234 Å². The van der Waals surface area contributed by atoms with E-state index in [1.807, 2.05) is 0 Å². The number of fused-ring (bicyclic) bond motifs is 7. The summed E-state index contributed by atoms with van der Waals surface area (Å²) in [6.07, 6.45) is 0. The summed E-state index contributed by atoms with van der Waals surface area (Å²) < 4.78 is 0. The first kappa shape index (κ1) is 34.3.